The fraction of sp³-hybridized carbons (Fsp3) is 0.160. The third-order valence-corrected chi connectivity index (χ3v) is 5.29. The second-order valence-electron chi connectivity index (χ2n) is 7.04. The summed E-state index contributed by atoms with van der Waals surface area (Å²) in [5, 5.41) is 7.76. The molecule has 0 heterocycles. The number of rotatable bonds is 10. The molecule has 0 aromatic heterocycles. The van der Waals surface area contributed by atoms with E-state index in [1.807, 2.05) is 0 Å². The fourth-order valence-corrected chi connectivity index (χ4v) is 3.17. The number of hydrogen-bond acceptors (Lipinski definition) is 7. The Morgan fingerprint density at radius 2 is 1.69 bits per heavy atom. The molecule has 2 N–H and O–H groups in total. The molecule has 35 heavy (non-hydrogen) atoms. The summed E-state index contributed by atoms with van der Waals surface area (Å²) < 4.78 is 15.9. The first kappa shape index (κ1) is 25.9. The Hall–Kier alpha value is -3.75. The molecule has 182 valence electrons. The molecule has 0 saturated heterocycles. The molecule has 0 aliphatic heterocycles. The van der Waals surface area contributed by atoms with Crippen LogP contribution in [-0.2, 0) is 9.53 Å². The zero-order valence-corrected chi connectivity index (χ0v) is 20.5. The molecular formula is C25H23Cl2N3O5. The number of carbonyl (C=O) groups is 2. The largest absolute Gasteiger partial charge is 0.493 e. The van der Waals surface area contributed by atoms with Crippen LogP contribution in [0.2, 0.25) is 10.0 Å². The molecule has 0 fully saturated rings. The number of hydrogen-bond donors (Lipinski definition) is 2. The predicted octanol–water partition coefficient (Wildman–Crippen LogP) is 5.64. The maximum absolute atomic E-state index is 12.3. The lowest BCUT2D eigenvalue weighted by Crippen LogP contribution is -2.20. The third-order valence-electron chi connectivity index (χ3n) is 4.55. The Bertz CT molecular complexity index is 1220. The van der Waals surface area contributed by atoms with Gasteiger partial charge in [-0.2, -0.15) is 5.10 Å². The van der Waals surface area contributed by atoms with E-state index >= 15 is 0 Å². The first-order valence-electron chi connectivity index (χ1n) is 10.5. The van der Waals surface area contributed by atoms with E-state index in [1.54, 1.807) is 73.8 Å². The van der Waals surface area contributed by atoms with Crippen LogP contribution in [0.3, 0.4) is 0 Å². The number of ether oxygens (including phenoxy) is 3. The van der Waals surface area contributed by atoms with Crippen molar-refractivity contribution in [2.45, 2.75) is 6.92 Å². The summed E-state index contributed by atoms with van der Waals surface area (Å²) in [6, 6.07) is 16.6. The van der Waals surface area contributed by atoms with Gasteiger partial charge in [0.1, 0.15) is 0 Å². The van der Waals surface area contributed by atoms with E-state index in [2.05, 4.69) is 15.8 Å². The minimum absolute atomic E-state index is 0.234. The number of benzene rings is 3. The van der Waals surface area contributed by atoms with E-state index in [4.69, 9.17) is 37.4 Å². The highest BCUT2D eigenvalue weighted by molar-refractivity contribution is 6.42. The van der Waals surface area contributed by atoms with Crippen LogP contribution in [0, 0.1) is 0 Å². The van der Waals surface area contributed by atoms with Crippen molar-refractivity contribution in [3.05, 3.63) is 81.8 Å². The molecule has 1 amide bonds. The number of anilines is 2. The number of esters is 1. The zero-order valence-electron chi connectivity index (χ0n) is 19.0. The maximum atomic E-state index is 12.3. The molecule has 0 bridgehead atoms. The van der Waals surface area contributed by atoms with Gasteiger partial charge in [-0.1, -0.05) is 23.2 Å². The Balaban J connectivity index is 1.54. The molecular weight excluding hydrogens is 493 g/mol. The van der Waals surface area contributed by atoms with Crippen LogP contribution < -0.4 is 20.2 Å². The highest BCUT2D eigenvalue weighted by Crippen LogP contribution is 2.28. The summed E-state index contributed by atoms with van der Waals surface area (Å²) in [5.74, 6) is 0.0526. The van der Waals surface area contributed by atoms with Crippen molar-refractivity contribution < 1.29 is 23.8 Å². The Morgan fingerprint density at radius 3 is 2.37 bits per heavy atom. The number of carbonyl (C=O) groups excluding carboxylic acids is 2. The number of methoxy groups -OCH3 is 1. The normalized spacial score (nSPS) is 10.6. The van der Waals surface area contributed by atoms with Crippen LogP contribution >= 0.6 is 23.2 Å². The smallest absolute Gasteiger partial charge is 0.338 e. The summed E-state index contributed by atoms with van der Waals surface area (Å²) in [5.41, 5.74) is 5.23. The molecule has 0 saturated carbocycles. The lowest BCUT2D eigenvalue weighted by molar-refractivity contribution is -0.118. The second-order valence-corrected chi connectivity index (χ2v) is 7.86. The minimum atomic E-state index is -0.417. The number of nitrogens with zero attached hydrogens (tertiary/aromatic N) is 1. The van der Waals surface area contributed by atoms with Gasteiger partial charge in [0.2, 0.25) is 0 Å². The SMILES string of the molecule is CCOC(=O)c1ccc(NC(=O)COc2ccc(/C=N/Nc3ccc(Cl)c(Cl)c3)cc2OC)cc1. The zero-order chi connectivity index (χ0) is 25.2. The number of halogens is 2. The average molecular weight is 516 g/mol. The third kappa shape index (κ3) is 7.63. The first-order chi connectivity index (χ1) is 16.9. The second kappa shape index (κ2) is 12.6. The van der Waals surface area contributed by atoms with Gasteiger partial charge in [0.25, 0.3) is 5.91 Å². The standard InChI is InChI=1S/C25H23Cl2N3O5/c1-3-34-25(32)17-5-7-18(8-6-17)29-24(31)15-35-22-11-4-16(12-23(22)33-2)14-28-30-19-9-10-20(26)21(27)13-19/h4-14,30H,3,15H2,1-2H3,(H,29,31)/b28-14+. The summed E-state index contributed by atoms with van der Waals surface area (Å²) in [7, 11) is 1.50. The topological polar surface area (TPSA) is 98.2 Å². The van der Waals surface area contributed by atoms with Crippen molar-refractivity contribution in [1.82, 2.24) is 0 Å². The van der Waals surface area contributed by atoms with Gasteiger partial charge in [-0.25, -0.2) is 4.79 Å². The van der Waals surface area contributed by atoms with Crippen molar-refractivity contribution in [3.63, 3.8) is 0 Å². The number of nitrogens with one attached hydrogen (secondary N) is 2. The van der Waals surface area contributed by atoms with E-state index in [0.717, 1.165) is 5.56 Å². The van der Waals surface area contributed by atoms with Gasteiger partial charge < -0.3 is 19.5 Å². The van der Waals surface area contributed by atoms with Crippen LogP contribution in [0.1, 0.15) is 22.8 Å². The molecule has 0 atom stereocenters. The maximum Gasteiger partial charge on any atom is 0.338 e. The minimum Gasteiger partial charge on any atom is -0.493 e. The predicted molar refractivity (Wildman–Crippen MR) is 137 cm³/mol. The number of hydrazone groups is 1. The van der Waals surface area contributed by atoms with Crippen LogP contribution in [0.4, 0.5) is 11.4 Å². The summed E-state index contributed by atoms with van der Waals surface area (Å²) >= 11 is 11.9. The number of amides is 1. The van der Waals surface area contributed by atoms with Crippen molar-refractivity contribution in [3.8, 4) is 11.5 Å². The van der Waals surface area contributed by atoms with Crippen molar-refractivity contribution in [1.29, 1.82) is 0 Å². The lowest BCUT2D eigenvalue weighted by atomic mass is 10.2. The fourth-order valence-electron chi connectivity index (χ4n) is 2.88. The van der Waals surface area contributed by atoms with Crippen molar-refractivity contribution >= 4 is 52.7 Å². The summed E-state index contributed by atoms with van der Waals surface area (Å²) in [4.78, 5) is 24.0. The van der Waals surface area contributed by atoms with E-state index < -0.39 is 5.97 Å². The summed E-state index contributed by atoms with van der Waals surface area (Å²) in [6.45, 7) is 1.79. The van der Waals surface area contributed by atoms with E-state index in [9.17, 15) is 9.59 Å². The highest BCUT2D eigenvalue weighted by Gasteiger charge is 2.10. The molecule has 0 aliphatic rings. The van der Waals surface area contributed by atoms with Gasteiger partial charge in [0.05, 0.1) is 41.2 Å². The lowest BCUT2D eigenvalue weighted by Gasteiger charge is -2.12. The van der Waals surface area contributed by atoms with Crippen molar-refractivity contribution in [2.75, 3.05) is 31.1 Å². The van der Waals surface area contributed by atoms with Crippen LogP contribution in [-0.4, -0.2) is 38.4 Å². The molecule has 0 radical (unpaired) electrons. The molecule has 3 rings (SSSR count). The van der Waals surface area contributed by atoms with E-state index in [-0.39, 0.29) is 12.5 Å². The van der Waals surface area contributed by atoms with E-state index in [0.29, 0.717) is 45.1 Å². The van der Waals surface area contributed by atoms with Gasteiger partial charge in [-0.15, -0.1) is 0 Å². The quantitative estimate of drug-likeness (QED) is 0.206. The molecule has 0 spiro atoms. The van der Waals surface area contributed by atoms with Crippen LogP contribution in [0.5, 0.6) is 11.5 Å². The molecule has 8 nitrogen and oxygen atoms in total. The Morgan fingerprint density at radius 1 is 0.943 bits per heavy atom. The van der Waals surface area contributed by atoms with Crippen LogP contribution in [0.15, 0.2) is 65.8 Å². The van der Waals surface area contributed by atoms with Gasteiger partial charge in [0.15, 0.2) is 18.1 Å². The van der Waals surface area contributed by atoms with Gasteiger partial charge in [-0.05, 0) is 73.2 Å². The van der Waals surface area contributed by atoms with E-state index in [1.165, 1.54) is 7.11 Å². The van der Waals surface area contributed by atoms with Gasteiger partial charge >= 0.3 is 5.97 Å². The van der Waals surface area contributed by atoms with Gasteiger partial charge in [0, 0.05) is 5.69 Å². The Labute approximate surface area is 212 Å². The molecule has 0 unspecified atom stereocenters. The van der Waals surface area contributed by atoms with Gasteiger partial charge in [-0.3, -0.25) is 10.2 Å². The molecule has 3 aromatic carbocycles. The monoisotopic (exact) mass is 515 g/mol. The molecule has 10 heteroatoms. The average Bonchev–Trinajstić information content (AvgIpc) is 2.86. The first-order valence-corrected chi connectivity index (χ1v) is 11.3. The summed E-state index contributed by atoms with van der Waals surface area (Å²) in [6.07, 6.45) is 1.60. The van der Waals surface area contributed by atoms with Crippen LogP contribution in [0.25, 0.3) is 0 Å². The Kier molecular flexibility index (Phi) is 9.34. The highest BCUT2D eigenvalue weighted by atomic mass is 35.5. The molecule has 0 aliphatic carbocycles. The van der Waals surface area contributed by atoms with Crippen molar-refractivity contribution in [2.24, 2.45) is 5.10 Å². The molecule has 3 aromatic rings.